The maximum absolute atomic E-state index is 9.91. The van der Waals surface area contributed by atoms with E-state index in [1.165, 1.54) is 0 Å². The van der Waals surface area contributed by atoms with Crippen molar-refractivity contribution in [3.8, 4) is 0 Å². The van der Waals surface area contributed by atoms with Crippen molar-refractivity contribution in [1.29, 1.82) is 0 Å². The van der Waals surface area contributed by atoms with Crippen LogP contribution in [0.2, 0.25) is 0 Å². The summed E-state index contributed by atoms with van der Waals surface area (Å²) >= 11 is 2.35. The predicted octanol–water partition coefficient (Wildman–Crippen LogP) is -5.86. The monoisotopic (exact) mass is 206 g/mol. The van der Waals surface area contributed by atoms with Crippen LogP contribution in [0.1, 0.15) is 2.85 Å². The third kappa shape index (κ3) is 12.5. The van der Waals surface area contributed by atoms with Gasteiger partial charge in [0.05, 0.1) is 0 Å². The molecule has 10 heavy (non-hydrogen) atoms. The number of rotatable bonds is 2. The van der Waals surface area contributed by atoms with E-state index >= 15 is 0 Å². The van der Waals surface area contributed by atoms with Gasteiger partial charge in [-0.15, -0.1) is 11.6 Å². The molecule has 0 fully saturated rings. The first kappa shape index (κ1) is 17.8. The van der Waals surface area contributed by atoms with E-state index in [0.29, 0.717) is 0 Å². The molecule has 0 saturated heterocycles. The van der Waals surface area contributed by atoms with Crippen molar-refractivity contribution in [2.24, 2.45) is 0 Å². The molecule has 0 aromatic carbocycles. The minimum atomic E-state index is -2.53. The molecule has 0 spiro atoms. The van der Waals surface area contributed by atoms with E-state index < -0.39 is 23.2 Å². The van der Waals surface area contributed by atoms with Crippen molar-refractivity contribution < 1.29 is 79.7 Å². The Labute approximate surface area is 113 Å². The normalized spacial score (nSPS) is 10.2. The fourth-order valence-electron chi connectivity index (χ4n) is 0.102. The molecule has 0 rings (SSSR count). The van der Waals surface area contributed by atoms with Crippen LogP contribution in [-0.4, -0.2) is 20.6 Å². The van der Waals surface area contributed by atoms with Crippen LogP contribution in [-0.2, 0) is 20.3 Å². The molecule has 52 valence electrons. The smallest absolute Gasteiger partial charge is 1.00 e. The number of carbonyl (C=O) groups is 1. The standard InChI is InChI=1S/C2H3ClO4S.2Na.2H/c3-1-2(4)7-8(5)6;;;;/h1H2,(H,5,6);;;;/q;2*+1;2*-1. The van der Waals surface area contributed by atoms with Crippen LogP contribution in [0, 0.1) is 0 Å². The molecule has 0 saturated carbocycles. The summed E-state index contributed by atoms with van der Waals surface area (Å²) < 4.78 is 21.1. The van der Waals surface area contributed by atoms with E-state index in [1.807, 2.05) is 0 Å². The molecule has 0 aromatic heterocycles. The summed E-state index contributed by atoms with van der Waals surface area (Å²) in [5.41, 5.74) is 0. The zero-order chi connectivity index (χ0) is 6.57. The molecule has 8 heteroatoms. The maximum Gasteiger partial charge on any atom is 1.00 e. The third-order valence-corrected chi connectivity index (χ3v) is 0.820. The van der Waals surface area contributed by atoms with E-state index in [1.54, 1.807) is 0 Å². The van der Waals surface area contributed by atoms with Crippen LogP contribution in [0.5, 0.6) is 0 Å². The first-order valence-corrected chi connectivity index (χ1v) is 3.11. The molecular formula is C2H5ClNa2O4S. The zero-order valence-corrected chi connectivity index (χ0v) is 11.2. The molecule has 1 atom stereocenters. The first-order chi connectivity index (χ1) is 3.66. The summed E-state index contributed by atoms with van der Waals surface area (Å²) in [6, 6.07) is 0. The molecule has 1 N–H and O–H groups in total. The Balaban J connectivity index is -0.0000000408. The number of hydrogen-bond acceptors (Lipinski definition) is 3. The van der Waals surface area contributed by atoms with Gasteiger partial charge in [-0.05, 0) is 0 Å². The average Bonchev–Trinajstić information content (AvgIpc) is 1.65. The Morgan fingerprint density at radius 1 is 1.70 bits per heavy atom. The first-order valence-electron chi connectivity index (χ1n) is 1.54. The van der Waals surface area contributed by atoms with Gasteiger partial charge in [-0.1, -0.05) is 0 Å². The van der Waals surface area contributed by atoms with Gasteiger partial charge in [0.2, 0.25) is 0 Å². The molecule has 0 amide bonds. The van der Waals surface area contributed by atoms with Gasteiger partial charge in [-0.25, -0.2) is 4.79 Å². The second-order valence-electron chi connectivity index (χ2n) is 0.806. The molecule has 0 aliphatic carbocycles. The van der Waals surface area contributed by atoms with Crippen LogP contribution in [0.4, 0.5) is 0 Å². The van der Waals surface area contributed by atoms with E-state index in [9.17, 15) is 9.00 Å². The molecule has 0 aliphatic heterocycles. The maximum atomic E-state index is 9.91. The van der Waals surface area contributed by atoms with Crippen molar-refractivity contribution in [2.45, 2.75) is 0 Å². The van der Waals surface area contributed by atoms with Gasteiger partial charge in [0, 0.05) is 0 Å². The van der Waals surface area contributed by atoms with Gasteiger partial charge < -0.3 is 7.04 Å². The Morgan fingerprint density at radius 3 is 2.20 bits per heavy atom. The molecule has 0 bridgehead atoms. The van der Waals surface area contributed by atoms with Crippen molar-refractivity contribution in [3.05, 3.63) is 0 Å². The van der Waals surface area contributed by atoms with Crippen LogP contribution in [0.25, 0.3) is 0 Å². The molecular weight excluding hydrogens is 202 g/mol. The summed E-state index contributed by atoms with van der Waals surface area (Å²) in [6.07, 6.45) is 0. The van der Waals surface area contributed by atoms with Gasteiger partial charge >= 0.3 is 76.4 Å². The Morgan fingerprint density at radius 2 is 2.10 bits per heavy atom. The largest absolute Gasteiger partial charge is 1.00 e. The van der Waals surface area contributed by atoms with Gasteiger partial charge in [0.1, 0.15) is 5.88 Å². The van der Waals surface area contributed by atoms with Crippen molar-refractivity contribution >= 4 is 28.9 Å². The Hall–Kier alpha value is 1.87. The van der Waals surface area contributed by atoms with E-state index in [0.717, 1.165) is 0 Å². The number of carbonyl (C=O) groups excluding carboxylic acids is 1. The van der Waals surface area contributed by atoms with Gasteiger partial charge in [-0.3, -0.25) is 4.55 Å². The molecule has 0 aromatic rings. The SMILES string of the molecule is O=C(CCl)OS(=O)O.[H-].[H-].[Na+].[Na+]. The molecule has 0 heterocycles. The number of halogens is 1. The van der Waals surface area contributed by atoms with Crippen LogP contribution >= 0.6 is 11.6 Å². The van der Waals surface area contributed by atoms with Crippen molar-refractivity contribution in [3.63, 3.8) is 0 Å². The molecule has 4 nitrogen and oxygen atoms in total. The van der Waals surface area contributed by atoms with Crippen molar-refractivity contribution in [2.75, 3.05) is 5.88 Å². The second kappa shape index (κ2) is 10.9. The minimum absolute atomic E-state index is 0. The average molecular weight is 207 g/mol. The van der Waals surface area contributed by atoms with Crippen LogP contribution in [0.3, 0.4) is 0 Å². The summed E-state index contributed by atoms with van der Waals surface area (Å²) in [5.74, 6) is -1.32. The topological polar surface area (TPSA) is 63.6 Å². The molecule has 1 unspecified atom stereocenters. The van der Waals surface area contributed by atoms with Gasteiger partial charge in [-0.2, -0.15) is 4.21 Å². The van der Waals surface area contributed by atoms with Gasteiger partial charge in [0.25, 0.3) is 0 Å². The van der Waals surface area contributed by atoms with E-state index in [2.05, 4.69) is 4.18 Å². The number of hydrogen-bond donors (Lipinski definition) is 1. The zero-order valence-electron chi connectivity index (χ0n) is 7.67. The third-order valence-electron chi connectivity index (χ3n) is 0.273. The van der Waals surface area contributed by atoms with Crippen molar-refractivity contribution in [1.82, 2.24) is 0 Å². The fraction of sp³-hybridized carbons (Fsp3) is 0.500. The minimum Gasteiger partial charge on any atom is -1.00 e. The fourth-order valence-corrected chi connectivity index (χ4v) is 0.439. The predicted molar refractivity (Wildman–Crippen MR) is 29.8 cm³/mol. The molecule has 0 radical (unpaired) electrons. The summed E-state index contributed by atoms with van der Waals surface area (Å²) in [7, 11) is 0. The Bertz CT molecular complexity index is 128. The van der Waals surface area contributed by atoms with Crippen LogP contribution < -0.4 is 59.1 Å². The van der Waals surface area contributed by atoms with Crippen LogP contribution in [0.15, 0.2) is 0 Å². The Kier molecular flexibility index (Phi) is 19.4. The summed E-state index contributed by atoms with van der Waals surface area (Å²) in [5, 5.41) is 0. The quantitative estimate of drug-likeness (QED) is 0.278. The van der Waals surface area contributed by atoms with E-state index in [-0.39, 0.29) is 62.0 Å². The molecule has 0 aliphatic rings. The summed E-state index contributed by atoms with van der Waals surface area (Å²) in [4.78, 5) is 9.91. The number of alkyl halides is 1. The summed E-state index contributed by atoms with van der Waals surface area (Å²) in [6.45, 7) is 0. The van der Waals surface area contributed by atoms with Gasteiger partial charge in [0.15, 0.2) is 0 Å². The second-order valence-corrected chi connectivity index (χ2v) is 1.67. The van der Waals surface area contributed by atoms with E-state index in [4.69, 9.17) is 16.2 Å².